The maximum atomic E-state index is 4.99. The molecule has 1 saturated carbocycles. The molecule has 2 aromatic rings. The largest absolute Gasteiger partial charge is 0.368 e. The predicted molar refractivity (Wildman–Crippen MR) is 133 cm³/mol. The van der Waals surface area contributed by atoms with E-state index in [0.29, 0.717) is 0 Å². The summed E-state index contributed by atoms with van der Waals surface area (Å²) in [5.74, 6) is 0.231. The third-order valence-corrected chi connectivity index (χ3v) is 5.34. The van der Waals surface area contributed by atoms with Crippen molar-refractivity contribution in [3.05, 3.63) is 60.6 Å². The normalized spacial score (nSPS) is 13.6. The van der Waals surface area contributed by atoms with Crippen LogP contribution in [0.5, 0.6) is 0 Å². The topological polar surface area (TPSA) is 75.7 Å². The maximum absolute atomic E-state index is 4.99. The Bertz CT molecular complexity index is 760. The number of anilines is 1. The molecule has 1 aromatic heterocycles. The van der Waals surface area contributed by atoms with E-state index in [2.05, 4.69) is 57.5 Å². The number of guanidine groups is 1. The SMILES string of the molecule is C(Nc1ccc(Sc2ccncc2)cc1)=C1CCCCCC1.C=NC(N)=NC.CC. The second-order valence-electron chi connectivity index (χ2n) is 6.41. The van der Waals surface area contributed by atoms with Crippen molar-refractivity contribution in [3.8, 4) is 0 Å². The summed E-state index contributed by atoms with van der Waals surface area (Å²) in [4.78, 5) is 13.3. The average Bonchev–Trinajstić information content (AvgIpc) is 3.09. The van der Waals surface area contributed by atoms with Crippen LogP contribution in [0.3, 0.4) is 0 Å². The minimum Gasteiger partial charge on any atom is -0.368 e. The van der Waals surface area contributed by atoms with Crippen LogP contribution in [0.4, 0.5) is 5.69 Å². The summed E-state index contributed by atoms with van der Waals surface area (Å²) in [6, 6.07) is 12.7. The van der Waals surface area contributed by atoms with Crippen molar-refractivity contribution in [3.63, 3.8) is 0 Å². The van der Waals surface area contributed by atoms with Crippen LogP contribution in [0, 0.1) is 0 Å². The molecule has 1 fully saturated rings. The molecule has 1 aliphatic rings. The van der Waals surface area contributed by atoms with Gasteiger partial charge in [-0.25, -0.2) is 4.99 Å². The van der Waals surface area contributed by atoms with E-state index in [4.69, 9.17) is 5.73 Å². The Morgan fingerprint density at radius 2 is 1.57 bits per heavy atom. The number of nitrogens with two attached hydrogens (primary N) is 1. The van der Waals surface area contributed by atoms with Gasteiger partial charge >= 0.3 is 0 Å². The van der Waals surface area contributed by atoms with Crippen LogP contribution in [0.2, 0.25) is 0 Å². The highest BCUT2D eigenvalue weighted by molar-refractivity contribution is 7.99. The monoisotopic (exact) mass is 425 g/mol. The maximum Gasteiger partial charge on any atom is 0.214 e. The molecule has 0 spiro atoms. The molecule has 1 aromatic carbocycles. The van der Waals surface area contributed by atoms with Crippen LogP contribution in [0.1, 0.15) is 52.4 Å². The van der Waals surface area contributed by atoms with Gasteiger partial charge in [-0.2, -0.15) is 0 Å². The van der Waals surface area contributed by atoms with Gasteiger partial charge in [-0.05, 0) is 68.8 Å². The molecule has 0 atom stereocenters. The number of nitrogens with zero attached hydrogens (tertiary/aromatic N) is 3. The number of pyridine rings is 1. The Morgan fingerprint density at radius 3 is 2.07 bits per heavy atom. The van der Waals surface area contributed by atoms with Crippen molar-refractivity contribution in [1.29, 1.82) is 0 Å². The highest BCUT2D eigenvalue weighted by Gasteiger charge is 2.04. The molecule has 1 aliphatic carbocycles. The predicted octanol–water partition coefficient (Wildman–Crippen LogP) is 6.54. The van der Waals surface area contributed by atoms with Gasteiger partial charge in [0.2, 0.25) is 5.96 Å². The van der Waals surface area contributed by atoms with Crippen LogP contribution in [0.15, 0.2) is 80.3 Å². The Balaban J connectivity index is 0.000000487. The van der Waals surface area contributed by atoms with Crippen LogP contribution in [-0.2, 0) is 0 Å². The molecule has 30 heavy (non-hydrogen) atoms. The number of hydrogen-bond donors (Lipinski definition) is 2. The second-order valence-corrected chi connectivity index (χ2v) is 7.56. The van der Waals surface area contributed by atoms with Crippen LogP contribution >= 0.6 is 11.8 Å². The molecule has 0 unspecified atom stereocenters. The molecule has 5 nitrogen and oxygen atoms in total. The lowest BCUT2D eigenvalue weighted by molar-refractivity contribution is 0.702. The molecule has 3 rings (SSSR count). The third-order valence-electron chi connectivity index (χ3n) is 4.32. The summed E-state index contributed by atoms with van der Waals surface area (Å²) in [5, 5.41) is 3.45. The van der Waals surface area contributed by atoms with Gasteiger partial charge in [-0.3, -0.25) is 9.98 Å². The average molecular weight is 426 g/mol. The summed E-state index contributed by atoms with van der Waals surface area (Å²) in [7, 11) is 1.56. The molecule has 0 aliphatic heterocycles. The van der Waals surface area contributed by atoms with Gasteiger partial charge in [-0.15, -0.1) is 0 Å². The van der Waals surface area contributed by atoms with E-state index in [1.54, 1.807) is 24.4 Å². The van der Waals surface area contributed by atoms with Gasteiger partial charge in [-0.1, -0.05) is 44.0 Å². The molecule has 0 radical (unpaired) electrons. The minimum absolute atomic E-state index is 0.231. The van der Waals surface area contributed by atoms with Gasteiger partial charge in [0.1, 0.15) is 0 Å². The zero-order valence-corrected chi connectivity index (χ0v) is 19.3. The Morgan fingerprint density at radius 1 is 1.00 bits per heavy atom. The number of nitrogens with one attached hydrogen (secondary N) is 1. The Labute approximate surface area is 186 Å². The molecular formula is C24H35N5S. The van der Waals surface area contributed by atoms with E-state index in [-0.39, 0.29) is 5.96 Å². The lowest BCUT2D eigenvalue weighted by atomic mass is 10.1. The molecule has 0 amide bonds. The van der Waals surface area contributed by atoms with Gasteiger partial charge in [0, 0.05) is 41.1 Å². The summed E-state index contributed by atoms with van der Waals surface area (Å²) in [5.41, 5.74) is 7.72. The summed E-state index contributed by atoms with van der Waals surface area (Å²) >= 11 is 1.76. The summed E-state index contributed by atoms with van der Waals surface area (Å²) in [6.07, 6.45) is 13.8. The fourth-order valence-electron chi connectivity index (χ4n) is 2.74. The lowest BCUT2D eigenvalue weighted by Gasteiger charge is -2.07. The first-order valence-electron chi connectivity index (χ1n) is 10.5. The smallest absolute Gasteiger partial charge is 0.214 e. The third kappa shape index (κ3) is 10.8. The number of allylic oxidation sites excluding steroid dienone is 1. The van der Waals surface area contributed by atoms with Gasteiger partial charge in [0.05, 0.1) is 0 Å². The molecule has 1 heterocycles. The first-order valence-corrected chi connectivity index (χ1v) is 11.3. The zero-order chi connectivity index (χ0) is 22.0. The zero-order valence-electron chi connectivity index (χ0n) is 18.5. The molecule has 0 saturated heterocycles. The minimum atomic E-state index is 0.231. The summed E-state index contributed by atoms with van der Waals surface area (Å²) in [6.45, 7) is 7.13. The van der Waals surface area contributed by atoms with Gasteiger partial charge in [0.25, 0.3) is 0 Å². The number of benzene rings is 1. The number of rotatable bonds is 4. The van der Waals surface area contributed by atoms with E-state index in [1.807, 2.05) is 38.4 Å². The van der Waals surface area contributed by atoms with Crippen LogP contribution in [0.25, 0.3) is 0 Å². The highest BCUT2D eigenvalue weighted by Crippen LogP contribution is 2.28. The fourth-order valence-corrected chi connectivity index (χ4v) is 3.55. The molecule has 162 valence electrons. The summed E-state index contributed by atoms with van der Waals surface area (Å²) < 4.78 is 0. The Kier molecular flexibility index (Phi) is 13.8. The highest BCUT2D eigenvalue weighted by atomic mass is 32.2. The lowest BCUT2D eigenvalue weighted by Crippen LogP contribution is -2.05. The van der Waals surface area contributed by atoms with E-state index in [0.717, 1.165) is 5.69 Å². The van der Waals surface area contributed by atoms with Crippen molar-refractivity contribution >= 4 is 30.1 Å². The first-order chi connectivity index (χ1) is 14.7. The van der Waals surface area contributed by atoms with E-state index in [1.165, 1.54) is 48.3 Å². The van der Waals surface area contributed by atoms with Crippen molar-refractivity contribution in [2.24, 2.45) is 15.7 Å². The quantitative estimate of drug-likeness (QED) is 0.331. The van der Waals surface area contributed by atoms with Gasteiger partial charge < -0.3 is 11.1 Å². The van der Waals surface area contributed by atoms with E-state index >= 15 is 0 Å². The van der Waals surface area contributed by atoms with Crippen molar-refractivity contribution in [1.82, 2.24) is 4.98 Å². The van der Waals surface area contributed by atoms with E-state index < -0.39 is 0 Å². The Hall–Kier alpha value is -2.60. The van der Waals surface area contributed by atoms with Crippen molar-refractivity contribution in [2.45, 2.75) is 62.2 Å². The number of hydrogen-bond acceptors (Lipinski definition) is 4. The van der Waals surface area contributed by atoms with E-state index in [9.17, 15) is 0 Å². The van der Waals surface area contributed by atoms with Crippen molar-refractivity contribution < 1.29 is 0 Å². The molecule has 6 heteroatoms. The molecule has 3 N–H and O–H groups in total. The number of aromatic nitrogens is 1. The standard InChI is InChI=1S/C19H22N2S.C3H7N3.C2H6/c1-2-4-6-16(5-3-1)15-21-17-7-9-18(10-8-17)22-19-11-13-20-14-12-19;1-5-3(4)6-2;1-2/h7-15,21H,1-6H2;1H2,2H3,(H2,4,6);1-2H3. The molecular weight excluding hydrogens is 390 g/mol. The van der Waals surface area contributed by atoms with Crippen LogP contribution in [-0.4, -0.2) is 24.7 Å². The fraction of sp³-hybridized carbons (Fsp3) is 0.375. The van der Waals surface area contributed by atoms with Crippen LogP contribution < -0.4 is 11.1 Å². The van der Waals surface area contributed by atoms with Crippen molar-refractivity contribution in [2.75, 3.05) is 12.4 Å². The second kappa shape index (κ2) is 16.2. The first kappa shape index (κ1) is 25.4. The van der Waals surface area contributed by atoms with Gasteiger partial charge in [0.15, 0.2) is 0 Å². The molecule has 0 bridgehead atoms. The number of aliphatic imine (C=N–C) groups is 2.